The molecule has 7 heteroatoms. The van der Waals surface area contributed by atoms with E-state index in [1.807, 2.05) is 0 Å². The molecule has 1 heterocycles. The van der Waals surface area contributed by atoms with Crippen LogP contribution in [0, 0.1) is 11.6 Å². The summed E-state index contributed by atoms with van der Waals surface area (Å²) < 4.78 is 74.9. The van der Waals surface area contributed by atoms with Gasteiger partial charge in [0.25, 0.3) is 0 Å². The summed E-state index contributed by atoms with van der Waals surface area (Å²) >= 11 is 0. The van der Waals surface area contributed by atoms with Gasteiger partial charge in [-0.25, -0.2) is 8.78 Å². The molecule has 0 aromatic heterocycles. The van der Waals surface area contributed by atoms with Crippen molar-refractivity contribution in [2.75, 3.05) is 20.3 Å². The van der Waals surface area contributed by atoms with Crippen LogP contribution in [-0.4, -0.2) is 26.5 Å². The molecule has 0 aliphatic carbocycles. The van der Waals surface area contributed by atoms with Crippen LogP contribution >= 0.6 is 0 Å². The Morgan fingerprint density at radius 3 is 2.17 bits per heavy atom. The molecule has 100 valence electrons. The lowest BCUT2D eigenvalue weighted by molar-refractivity contribution is -0.263. The Balaban J connectivity index is 2.54. The monoisotopic (exact) mass is 268 g/mol. The molecule has 0 radical (unpaired) electrons. The topological polar surface area (TPSA) is 18.5 Å². The standard InChI is InChI=1S/C11H9F5O2/c1-17-9-3-7(12)6(2-8(9)13)10(4-18-5-10)11(14,15)16/h2-3H,4-5H2,1H3. The summed E-state index contributed by atoms with van der Waals surface area (Å²) in [5.74, 6) is -2.63. The first-order chi connectivity index (χ1) is 8.32. The molecule has 0 amide bonds. The molecule has 0 atom stereocenters. The first-order valence-electron chi connectivity index (χ1n) is 5.00. The first-order valence-corrected chi connectivity index (χ1v) is 5.00. The van der Waals surface area contributed by atoms with Gasteiger partial charge in [-0.3, -0.25) is 0 Å². The number of methoxy groups -OCH3 is 1. The third kappa shape index (κ3) is 1.73. The zero-order valence-electron chi connectivity index (χ0n) is 9.28. The van der Waals surface area contributed by atoms with E-state index in [4.69, 9.17) is 0 Å². The Bertz CT molecular complexity index is 465. The van der Waals surface area contributed by atoms with Crippen molar-refractivity contribution in [2.45, 2.75) is 11.6 Å². The van der Waals surface area contributed by atoms with Crippen LogP contribution in [0.2, 0.25) is 0 Å². The van der Waals surface area contributed by atoms with E-state index >= 15 is 0 Å². The van der Waals surface area contributed by atoms with Gasteiger partial charge in [0, 0.05) is 11.6 Å². The normalized spacial score (nSPS) is 18.3. The van der Waals surface area contributed by atoms with Crippen LogP contribution in [0.25, 0.3) is 0 Å². The number of hydrogen-bond donors (Lipinski definition) is 0. The van der Waals surface area contributed by atoms with Crippen molar-refractivity contribution in [3.8, 4) is 5.75 Å². The van der Waals surface area contributed by atoms with Gasteiger partial charge in [0.2, 0.25) is 0 Å². The van der Waals surface area contributed by atoms with Crippen LogP contribution in [0.4, 0.5) is 22.0 Å². The van der Waals surface area contributed by atoms with Crippen molar-refractivity contribution < 1.29 is 31.4 Å². The number of rotatable bonds is 2. The SMILES string of the molecule is COc1cc(F)c(C2(C(F)(F)F)COC2)cc1F. The molecule has 2 rings (SSSR count). The van der Waals surface area contributed by atoms with Crippen molar-refractivity contribution >= 4 is 0 Å². The summed E-state index contributed by atoms with van der Waals surface area (Å²) in [4.78, 5) is 0. The zero-order chi connectivity index (χ0) is 13.6. The van der Waals surface area contributed by atoms with E-state index in [0.717, 1.165) is 7.11 Å². The van der Waals surface area contributed by atoms with Crippen LogP contribution in [0.5, 0.6) is 5.75 Å². The first kappa shape index (κ1) is 13.1. The van der Waals surface area contributed by atoms with E-state index in [2.05, 4.69) is 9.47 Å². The van der Waals surface area contributed by atoms with Gasteiger partial charge in [0.15, 0.2) is 11.6 Å². The van der Waals surface area contributed by atoms with E-state index in [-0.39, 0.29) is 0 Å². The number of ether oxygens (including phenoxy) is 2. The molecule has 0 spiro atoms. The largest absolute Gasteiger partial charge is 0.494 e. The number of halogens is 5. The van der Waals surface area contributed by atoms with Gasteiger partial charge < -0.3 is 9.47 Å². The second-order valence-corrected chi connectivity index (χ2v) is 4.04. The van der Waals surface area contributed by atoms with Crippen LogP contribution < -0.4 is 4.74 Å². The predicted molar refractivity (Wildman–Crippen MR) is 51.5 cm³/mol. The van der Waals surface area contributed by atoms with E-state index < -0.39 is 47.8 Å². The van der Waals surface area contributed by atoms with Crippen molar-refractivity contribution in [3.05, 3.63) is 29.3 Å². The van der Waals surface area contributed by atoms with Gasteiger partial charge in [-0.05, 0) is 6.07 Å². The van der Waals surface area contributed by atoms with Crippen LogP contribution in [-0.2, 0) is 10.2 Å². The van der Waals surface area contributed by atoms with Gasteiger partial charge >= 0.3 is 6.18 Å². The highest BCUT2D eigenvalue weighted by Crippen LogP contribution is 2.47. The number of benzene rings is 1. The van der Waals surface area contributed by atoms with Gasteiger partial charge in [0.05, 0.1) is 20.3 Å². The minimum atomic E-state index is -4.70. The molecule has 1 aromatic rings. The summed E-state index contributed by atoms with van der Waals surface area (Å²) in [6, 6.07) is 1.13. The average molecular weight is 268 g/mol. The van der Waals surface area contributed by atoms with E-state index in [0.29, 0.717) is 12.1 Å². The fraction of sp³-hybridized carbons (Fsp3) is 0.455. The molecule has 0 saturated carbocycles. The van der Waals surface area contributed by atoms with E-state index in [1.165, 1.54) is 0 Å². The highest BCUT2D eigenvalue weighted by Gasteiger charge is 2.62. The zero-order valence-corrected chi connectivity index (χ0v) is 9.28. The minimum Gasteiger partial charge on any atom is -0.494 e. The Labute approximate surface area is 99.3 Å². The smallest absolute Gasteiger partial charge is 0.402 e. The highest BCUT2D eigenvalue weighted by atomic mass is 19.4. The highest BCUT2D eigenvalue weighted by molar-refractivity contribution is 5.38. The Morgan fingerprint density at radius 1 is 1.17 bits per heavy atom. The Morgan fingerprint density at radius 2 is 1.78 bits per heavy atom. The molecular formula is C11H9F5O2. The molecule has 1 aliphatic heterocycles. The van der Waals surface area contributed by atoms with Gasteiger partial charge in [-0.2, -0.15) is 13.2 Å². The van der Waals surface area contributed by atoms with Crippen molar-refractivity contribution in [3.63, 3.8) is 0 Å². The van der Waals surface area contributed by atoms with Gasteiger partial charge in [0.1, 0.15) is 11.2 Å². The van der Waals surface area contributed by atoms with Crippen LogP contribution in [0.1, 0.15) is 5.56 Å². The maximum Gasteiger partial charge on any atom is 0.402 e. The molecular weight excluding hydrogens is 259 g/mol. The lowest BCUT2D eigenvalue weighted by Gasteiger charge is -2.43. The van der Waals surface area contributed by atoms with Crippen LogP contribution in [0.15, 0.2) is 12.1 Å². The molecule has 1 fully saturated rings. The second kappa shape index (κ2) is 4.08. The third-order valence-electron chi connectivity index (χ3n) is 3.00. The average Bonchev–Trinajstić information content (AvgIpc) is 2.18. The maximum atomic E-state index is 13.7. The molecule has 0 bridgehead atoms. The van der Waals surface area contributed by atoms with E-state index in [1.54, 1.807) is 0 Å². The lowest BCUT2D eigenvalue weighted by Crippen LogP contribution is -2.57. The maximum absolute atomic E-state index is 13.7. The summed E-state index contributed by atoms with van der Waals surface area (Å²) in [6.07, 6.45) is -4.70. The second-order valence-electron chi connectivity index (χ2n) is 4.04. The van der Waals surface area contributed by atoms with Crippen LogP contribution in [0.3, 0.4) is 0 Å². The number of hydrogen-bond acceptors (Lipinski definition) is 2. The van der Waals surface area contributed by atoms with Crippen molar-refractivity contribution in [1.82, 2.24) is 0 Å². The summed E-state index contributed by atoms with van der Waals surface area (Å²) in [6.45, 7) is -1.42. The summed E-state index contributed by atoms with van der Waals surface area (Å²) in [5.41, 5.74) is -3.22. The molecule has 18 heavy (non-hydrogen) atoms. The summed E-state index contributed by atoms with van der Waals surface area (Å²) in [5, 5.41) is 0. The molecule has 2 nitrogen and oxygen atoms in total. The Kier molecular flexibility index (Phi) is 2.96. The minimum absolute atomic E-state index is 0.436. The molecule has 1 aromatic carbocycles. The lowest BCUT2D eigenvalue weighted by atomic mass is 9.77. The van der Waals surface area contributed by atoms with Crippen molar-refractivity contribution in [2.24, 2.45) is 0 Å². The number of alkyl halides is 3. The quantitative estimate of drug-likeness (QED) is 0.768. The fourth-order valence-electron chi connectivity index (χ4n) is 1.83. The van der Waals surface area contributed by atoms with Crippen molar-refractivity contribution in [1.29, 1.82) is 0 Å². The molecule has 0 N–H and O–H groups in total. The molecule has 1 aliphatic rings. The third-order valence-corrected chi connectivity index (χ3v) is 3.00. The van der Waals surface area contributed by atoms with Gasteiger partial charge in [-0.15, -0.1) is 0 Å². The van der Waals surface area contributed by atoms with Gasteiger partial charge in [-0.1, -0.05) is 0 Å². The molecule has 0 unspecified atom stereocenters. The predicted octanol–water partition coefficient (Wildman–Crippen LogP) is 2.80. The fourth-order valence-corrected chi connectivity index (χ4v) is 1.83. The summed E-state index contributed by atoms with van der Waals surface area (Å²) in [7, 11) is 1.10. The Hall–Kier alpha value is -1.37. The van der Waals surface area contributed by atoms with E-state index in [9.17, 15) is 22.0 Å². The molecule has 1 saturated heterocycles.